The normalized spacial score (nSPS) is 11.0. The van der Waals surface area contributed by atoms with E-state index in [2.05, 4.69) is 35.5 Å². The van der Waals surface area contributed by atoms with E-state index in [0.717, 1.165) is 23.0 Å². The van der Waals surface area contributed by atoms with Crippen molar-refractivity contribution in [2.45, 2.75) is 19.3 Å². The molecule has 9 nitrogen and oxygen atoms in total. The lowest BCUT2D eigenvalue weighted by Gasteiger charge is -2.02. The summed E-state index contributed by atoms with van der Waals surface area (Å²) in [6.07, 6.45) is 3.40. The number of hydrogen-bond acceptors (Lipinski definition) is 5. The van der Waals surface area contributed by atoms with Crippen LogP contribution in [-0.2, 0) is 11.2 Å². The van der Waals surface area contributed by atoms with Gasteiger partial charge in [0.1, 0.15) is 5.69 Å². The third-order valence-corrected chi connectivity index (χ3v) is 4.09. The lowest BCUT2D eigenvalue weighted by atomic mass is 10.1. The van der Waals surface area contributed by atoms with E-state index in [-0.39, 0.29) is 17.5 Å². The van der Waals surface area contributed by atoms with Gasteiger partial charge in [0.15, 0.2) is 5.82 Å². The van der Waals surface area contributed by atoms with E-state index in [4.69, 9.17) is 0 Å². The highest BCUT2D eigenvalue weighted by Crippen LogP contribution is 2.14. The molecule has 0 unspecified atom stereocenters. The number of carbonyl (C=O) groups excluding carboxylic acids is 1. The minimum atomic E-state index is -0.224. The van der Waals surface area contributed by atoms with Crippen LogP contribution >= 0.6 is 0 Å². The first-order valence-corrected chi connectivity index (χ1v) is 8.52. The summed E-state index contributed by atoms with van der Waals surface area (Å²) in [6.45, 7) is 0. The number of benzene rings is 1. The van der Waals surface area contributed by atoms with Crippen molar-refractivity contribution in [3.8, 4) is 11.5 Å². The van der Waals surface area contributed by atoms with Gasteiger partial charge in [-0.05, 0) is 42.7 Å². The molecule has 4 rings (SSSR count). The van der Waals surface area contributed by atoms with Crippen LogP contribution in [0.4, 0.5) is 5.95 Å². The molecule has 3 heterocycles. The van der Waals surface area contributed by atoms with Crippen LogP contribution in [-0.4, -0.2) is 36.0 Å². The Labute approximate surface area is 153 Å². The Morgan fingerprint density at radius 2 is 2.00 bits per heavy atom. The van der Waals surface area contributed by atoms with Crippen LogP contribution < -0.4 is 11.0 Å². The number of H-pyrrole nitrogens is 3. The Morgan fingerprint density at radius 1 is 1.11 bits per heavy atom. The van der Waals surface area contributed by atoms with Gasteiger partial charge >= 0.3 is 5.69 Å². The molecule has 0 saturated heterocycles. The van der Waals surface area contributed by atoms with Gasteiger partial charge in [0, 0.05) is 12.6 Å². The molecule has 3 aromatic heterocycles. The molecule has 27 heavy (non-hydrogen) atoms. The molecular formula is C18H17N7O2. The van der Waals surface area contributed by atoms with Crippen molar-refractivity contribution < 1.29 is 4.79 Å². The first-order valence-electron chi connectivity index (χ1n) is 8.52. The molecule has 4 aromatic rings. The summed E-state index contributed by atoms with van der Waals surface area (Å²) in [5.74, 6) is 0.573. The Hall–Kier alpha value is -3.75. The SMILES string of the molecule is O=C(CCCc1ccc2[nH]c(=O)[nH]c2c1)Nc1n[nH]c(-c2ccccn2)n1. The van der Waals surface area contributed by atoms with Crippen LogP contribution in [0.5, 0.6) is 0 Å². The molecule has 4 N–H and O–H groups in total. The highest BCUT2D eigenvalue weighted by molar-refractivity contribution is 5.89. The van der Waals surface area contributed by atoms with Crippen LogP contribution in [0.25, 0.3) is 22.6 Å². The third-order valence-electron chi connectivity index (χ3n) is 4.09. The van der Waals surface area contributed by atoms with Gasteiger partial charge in [0.25, 0.3) is 0 Å². The van der Waals surface area contributed by atoms with Crippen molar-refractivity contribution in [3.63, 3.8) is 0 Å². The van der Waals surface area contributed by atoms with Crippen molar-refractivity contribution in [1.29, 1.82) is 0 Å². The monoisotopic (exact) mass is 363 g/mol. The van der Waals surface area contributed by atoms with Crippen LogP contribution in [0.15, 0.2) is 47.4 Å². The number of aromatic nitrogens is 6. The fraction of sp³-hybridized carbons (Fsp3) is 0.167. The van der Waals surface area contributed by atoms with Crippen LogP contribution in [0, 0.1) is 0 Å². The highest BCUT2D eigenvalue weighted by Gasteiger charge is 2.09. The van der Waals surface area contributed by atoms with E-state index in [0.29, 0.717) is 24.4 Å². The number of rotatable bonds is 6. The molecule has 0 aliphatic heterocycles. The Balaban J connectivity index is 1.30. The van der Waals surface area contributed by atoms with E-state index in [1.54, 1.807) is 12.3 Å². The van der Waals surface area contributed by atoms with Crippen LogP contribution in [0.2, 0.25) is 0 Å². The van der Waals surface area contributed by atoms with Crippen LogP contribution in [0.3, 0.4) is 0 Å². The van der Waals surface area contributed by atoms with Crippen molar-refractivity contribution in [1.82, 2.24) is 30.1 Å². The molecule has 1 amide bonds. The van der Waals surface area contributed by atoms with Crippen molar-refractivity contribution >= 4 is 22.9 Å². The molecule has 0 saturated carbocycles. The largest absolute Gasteiger partial charge is 0.323 e. The van der Waals surface area contributed by atoms with E-state index in [1.165, 1.54) is 0 Å². The van der Waals surface area contributed by atoms with E-state index >= 15 is 0 Å². The minimum Gasteiger partial charge on any atom is -0.306 e. The predicted octanol–water partition coefficient (Wildman–Crippen LogP) is 2.00. The molecule has 1 aromatic carbocycles. The molecule has 0 bridgehead atoms. The third kappa shape index (κ3) is 3.92. The maximum Gasteiger partial charge on any atom is 0.323 e. The minimum absolute atomic E-state index is 0.155. The number of hydrogen-bond donors (Lipinski definition) is 4. The number of imidazole rings is 1. The molecule has 0 aliphatic carbocycles. The summed E-state index contributed by atoms with van der Waals surface area (Å²) < 4.78 is 0. The topological polar surface area (TPSA) is 132 Å². The fourth-order valence-corrected chi connectivity index (χ4v) is 2.81. The van der Waals surface area contributed by atoms with Gasteiger partial charge in [0.05, 0.1) is 11.0 Å². The molecule has 0 atom stereocenters. The van der Waals surface area contributed by atoms with Gasteiger partial charge in [-0.25, -0.2) is 4.79 Å². The second-order valence-electron chi connectivity index (χ2n) is 6.08. The van der Waals surface area contributed by atoms with E-state index in [1.807, 2.05) is 30.3 Å². The number of anilines is 1. The van der Waals surface area contributed by atoms with Gasteiger partial charge in [-0.15, -0.1) is 5.10 Å². The number of nitrogens with one attached hydrogen (secondary N) is 4. The maximum atomic E-state index is 12.1. The predicted molar refractivity (Wildman–Crippen MR) is 100 cm³/mol. The van der Waals surface area contributed by atoms with Gasteiger partial charge in [-0.1, -0.05) is 12.1 Å². The summed E-state index contributed by atoms with van der Waals surface area (Å²) in [6, 6.07) is 11.2. The average molecular weight is 363 g/mol. The zero-order valence-electron chi connectivity index (χ0n) is 14.3. The number of carbonyl (C=O) groups is 1. The van der Waals surface area contributed by atoms with E-state index < -0.39 is 0 Å². The number of aromatic amines is 3. The quantitative estimate of drug-likeness (QED) is 0.416. The standard InChI is InChI=1S/C18H17N7O2/c26-15(22-17-23-16(24-25-17)13-5-1-2-9-19-13)6-3-4-11-7-8-12-14(10-11)21-18(27)20-12/h1-2,5,7-10H,3-4,6H2,(H2,20,21,27)(H2,22,23,24,25,26). The van der Waals surface area contributed by atoms with Gasteiger partial charge < -0.3 is 9.97 Å². The summed E-state index contributed by atoms with van der Waals surface area (Å²) in [5, 5.41) is 9.43. The lowest BCUT2D eigenvalue weighted by Crippen LogP contribution is -2.12. The molecular weight excluding hydrogens is 346 g/mol. The summed E-state index contributed by atoms with van der Waals surface area (Å²) in [5.41, 5.74) is 3.03. The Kier molecular flexibility index (Phi) is 4.48. The number of fused-ring (bicyclic) bond motifs is 1. The number of nitrogens with zero attached hydrogens (tertiary/aromatic N) is 3. The lowest BCUT2D eigenvalue weighted by molar-refractivity contribution is -0.116. The highest BCUT2D eigenvalue weighted by atomic mass is 16.2. The molecule has 0 radical (unpaired) electrons. The van der Waals surface area contributed by atoms with Crippen molar-refractivity contribution in [2.24, 2.45) is 0 Å². The molecule has 0 spiro atoms. The zero-order valence-corrected chi connectivity index (χ0v) is 14.3. The first-order chi connectivity index (χ1) is 13.2. The number of amides is 1. The first kappa shape index (κ1) is 16.7. The molecule has 0 fully saturated rings. The van der Waals surface area contributed by atoms with Crippen molar-refractivity contribution in [2.75, 3.05) is 5.32 Å². The Bertz CT molecular complexity index is 1130. The number of aryl methyl sites for hydroxylation is 1. The maximum absolute atomic E-state index is 12.1. The fourth-order valence-electron chi connectivity index (χ4n) is 2.81. The number of pyridine rings is 1. The van der Waals surface area contributed by atoms with E-state index in [9.17, 15) is 9.59 Å². The smallest absolute Gasteiger partial charge is 0.306 e. The summed E-state index contributed by atoms with van der Waals surface area (Å²) in [4.78, 5) is 37.2. The molecule has 9 heteroatoms. The zero-order chi connectivity index (χ0) is 18.6. The van der Waals surface area contributed by atoms with Gasteiger partial charge in [0.2, 0.25) is 11.9 Å². The summed E-state index contributed by atoms with van der Waals surface area (Å²) >= 11 is 0. The Morgan fingerprint density at radius 3 is 2.85 bits per heavy atom. The second-order valence-corrected chi connectivity index (χ2v) is 6.08. The average Bonchev–Trinajstić information content (AvgIpc) is 3.27. The van der Waals surface area contributed by atoms with Gasteiger partial charge in [-0.3, -0.25) is 20.2 Å². The van der Waals surface area contributed by atoms with Gasteiger partial charge in [-0.2, -0.15) is 4.98 Å². The molecule has 0 aliphatic rings. The summed E-state index contributed by atoms with van der Waals surface area (Å²) in [7, 11) is 0. The van der Waals surface area contributed by atoms with Crippen LogP contribution in [0.1, 0.15) is 18.4 Å². The second kappa shape index (κ2) is 7.24. The molecule has 136 valence electrons. The van der Waals surface area contributed by atoms with Crippen molar-refractivity contribution in [3.05, 3.63) is 58.6 Å².